The average molecular weight is 190 g/mol. The maximum absolute atomic E-state index is 4.41. The van der Waals surface area contributed by atoms with E-state index in [4.69, 9.17) is 0 Å². The Hall–Kier alpha value is 0.700. The number of rotatable bonds is 2. The van der Waals surface area contributed by atoms with Crippen LogP contribution in [0.2, 0.25) is 0 Å². The van der Waals surface area contributed by atoms with Crippen LogP contribution < -0.4 is 0 Å². The van der Waals surface area contributed by atoms with Crippen LogP contribution >= 0.6 is 24.4 Å². The van der Waals surface area contributed by atoms with Gasteiger partial charge in [-0.3, -0.25) is 0 Å². The van der Waals surface area contributed by atoms with Gasteiger partial charge in [0, 0.05) is 9.83 Å². The quantitative estimate of drug-likeness (QED) is 0.513. The summed E-state index contributed by atoms with van der Waals surface area (Å²) < 4.78 is 0.514. The Balaban J connectivity index is 2.29. The van der Waals surface area contributed by atoms with Gasteiger partial charge in [0.05, 0.1) is 0 Å². The molecule has 0 radical (unpaired) electrons. The first-order chi connectivity index (χ1) is 5.20. The van der Waals surface area contributed by atoms with Crippen molar-refractivity contribution in [2.24, 2.45) is 5.92 Å². The van der Waals surface area contributed by atoms with Crippen LogP contribution in [0.5, 0.6) is 0 Å². The molecule has 0 bridgehead atoms. The van der Waals surface area contributed by atoms with Gasteiger partial charge in [0.2, 0.25) is 0 Å². The normalized spacial score (nSPS) is 35.2. The fourth-order valence-corrected chi connectivity index (χ4v) is 3.42. The summed E-state index contributed by atoms with van der Waals surface area (Å²) in [4.78, 5) is 0. The smallest absolute Gasteiger partial charge is 0.0447 e. The van der Waals surface area contributed by atoms with E-state index < -0.39 is 0 Å². The highest BCUT2D eigenvalue weighted by atomic mass is 32.2. The summed E-state index contributed by atoms with van der Waals surface area (Å²) in [5, 5.41) is 0.885. The molecule has 11 heavy (non-hydrogen) atoms. The molecular formula is C9H18S2. The van der Waals surface area contributed by atoms with Crippen LogP contribution in [0.3, 0.4) is 0 Å². The van der Waals surface area contributed by atoms with E-state index in [0.717, 1.165) is 11.2 Å². The van der Waals surface area contributed by atoms with Gasteiger partial charge in [-0.1, -0.05) is 19.8 Å². The van der Waals surface area contributed by atoms with Crippen molar-refractivity contribution in [2.75, 3.05) is 0 Å². The van der Waals surface area contributed by atoms with Gasteiger partial charge in [0.1, 0.15) is 0 Å². The van der Waals surface area contributed by atoms with Crippen LogP contribution in [-0.4, -0.2) is 9.83 Å². The van der Waals surface area contributed by atoms with Gasteiger partial charge in [-0.15, -0.1) is 11.8 Å². The van der Waals surface area contributed by atoms with Gasteiger partial charge in [-0.05, 0) is 25.7 Å². The van der Waals surface area contributed by atoms with Gasteiger partial charge in [-0.25, -0.2) is 0 Å². The average Bonchev–Trinajstić information content (AvgIpc) is 1.93. The lowest BCUT2D eigenvalue weighted by molar-refractivity contribution is 0.397. The van der Waals surface area contributed by atoms with E-state index in [0.29, 0.717) is 4.58 Å². The SMILES string of the molecule is CC(S)SC1CCCCC1C. The summed E-state index contributed by atoms with van der Waals surface area (Å²) in [5.74, 6) is 0.920. The maximum Gasteiger partial charge on any atom is 0.0447 e. The zero-order valence-electron chi connectivity index (χ0n) is 7.42. The maximum atomic E-state index is 4.41. The van der Waals surface area contributed by atoms with E-state index in [1.165, 1.54) is 25.7 Å². The van der Waals surface area contributed by atoms with Gasteiger partial charge >= 0.3 is 0 Å². The molecule has 0 aromatic rings. The highest BCUT2D eigenvalue weighted by Gasteiger charge is 2.22. The standard InChI is InChI=1S/C9H18S2/c1-7-5-3-4-6-9(7)11-8(2)10/h7-10H,3-6H2,1-2H3. The van der Waals surface area contributed by atoms with E-state index >= 15 is 0 Å². The van der Waals surface area contributed by atoms with E-state index in [1.54, 1.807) is 0 Å². The largest absolute Gasteiger partial charge is 0.165 e. The molecule has 1 aliphatic carbocycles. The second-order valence-electron chi connectivity index (χ2n) is 3.54. The van der Waals surface area contributed by atoms with Gasteiger partial charge in [0.25, 0.3) is 0 Å². The molecule has 0 aromatic heterocycles. The molecule has 0 aromatic carbocycles. The summed E-state index contributed by atoms with van der Waals surface area (Å²) in [6, 6.07) is 0. The molecule has 0 N–H and O–H groups in total. The monoisotopic (exact) mass is 190 g/mol. The summed E-state index contributed by atoms with van der Waals surface area (Å²) in [5.41, 5.74) is 0. The first kappa shape index (κ1) is 9.79. The Morgan fingerprint density at radius 2 is 2.00 bits per heavy atom. The number of hydrogen-bond donors (Lipinski definition) is 1. The zero-order chi connectivity index (χ0) is 8.27. The van der Waals surface area contributed by atoms with E-state index in [-0.39, 0.29) is 0 Å². The second-order valence-corrected chi connectivity index (χ2v) is 6.24. The second kappa shape index (κ2) is 4.66. The highest BCUT2D eigenvalue weighted by molar-refractivity contribution is 8.10. The summed E-state index contributed by atoms with van der Waals surface area (Å²) in [6.45, 7) is 4.56. The van der Waals surface area contributed by atoms with Crippen LogP contribution in [0.4, 0.5) is 0 Å². The predicted molar refractivity (Wildman–Crippen MR) is 57.5 cm³/mol. The Labute approximate surface area is 79.9 Å². The molecule has 3 atom stereocenters. The molecule has 2 heteroatoms. The van der Waals surface area contributed by atoms with Gasteiger partial charge in [0.15, 0.2) is 0 Å². The van der Waals surface area contributed by atoms with Crippen LogP contribution in [0.15, 0.2) is 0 Å². The topological polar surface area (TPSA) is 0 Å². The highest BCUT2D eigenvalue weighted by Crippen LogP contribution is 2.35. The zero-order valence-corrected chi connectivity index (χ0v) is 9.13. The Bertz CT molecular complexity index is 112. The molecule has 0 nitrogen and oxygen atoms in total. The molecule has 0 heterocycles. The summed E-state index contributed by atoms with van der Waals surface area (Å²) in [6.07, 6.45) is 5.72. The van der Waals surface area contributed by atoms with Crippen molar-refractivity contribution in [3.8, 4) is 0 Å². The molecule has 1 rings (SSSR count). The van der Waals surface area contributed by atoms with E-state index in [1.807, 2.05) is 11.8 Å². The van der Waals surface area contributed by atoms with Gasteiger partial charge in [-0.2, -0.15) is 12.6 Å². The third-order valence-corrected chi connectivity index (χ3v) is 4.21. The van der Waals surface area contributed by atoms with Crippen molar-refractivity contribution in [1.29, 1.82) is 0 Å². The Kier molecular flexibility index (Phi) is 4.14. The van der Waals surface area contributed by atoms with Crippen LogP contribution in [0.25, 0.3) is 0 Å². The molecule has 0 saturated heterocycles. The molecular weight excluding hydrogens is 172 g/mol. The third kappa shape index (κ3) is 3.29. The minimum atomic E-state index is 0.514. The van der Waals surface area contributed by atoms with Crippen molar-refractivity contribution in [3.63, 3.8) is 0 Å². The lowest BCUT2D eigenvalue weighted by Crippen LogP contribution is -2.20. The molecule has 3 unspecified atom stereocenters. The van der Waals surface area contributed by atoms with Crippen molar-refractivity contribution >= 4 is 24.4 Å². The van der Waals surface area contributed by atoms with Crippen molar-refractivity contribution in [3.05, 3.63) is 0 Å². The molecule has 0 amide bonds. The minimum Gasteiger partial charge on any atom is -0.165 e. The molecule has 1 fully saturated rings. The third-order valence-electron chi connectivity index (χ3n) is 2.40. The summed E-state index contributed by atoms with van der Waals surface area (Å²) >= 11 is 6.46. The van der Waals surface area contributed by atoms with Crippen LogP contribution in [0.1, 0.15) is 39.5 Å². The summed E-state index contributed by atoms with van der Waals surface area (Å²) in [7, 11) is 0. The predicted octanol–water partition coefficient (Wildman–Crippen LogP) is 3.57. The van der Waals surface area contributed by atoms with Crippen LogP contribution in [-0.2, 0) is 0 Å². The lowest BCUT2D eigenvalue weighted by atomic mass is 9.90. The fraction of sp³-hybridized carbons (Fsp3) is 1.00. The van der Waals surface area contributed by atoms with E-state index in [9.17, 15) is 0 Å². The van der Waals surface area contributed by atoms with E-state index in [2.05, 4.69) is 26.5 Å². The minimum absolute atomic E-state index is 0.514. The number of hydrogen-bond acceptors (Lipinski definition) is 2. The first-order valence-electron chi connectivity index (χ1n) is 4.53. The fourth-order valence-electron chi connectivity index (χ4n) is 1.74. The number of thiol groups is 1. The lowest BCUT2D eigenvalue weighted by Gasteiger charge is -2.29. The molecule has 0 spiro atoms. The van der Waals surface area contributed by atoms with Crippen molar-refractivity contribution < 1.29 is 0 Å². The Morgan fingerprint density at radius 3 is 2.55 bits per heavy atom. The molecule has 66 valence electrons. The van der Waals surface area contributed by atoms with Gasteiger partial charge < -0.3 is 0 Å². The molecule has 1 saturated carbocycles. The van der Waals surface area contributed by atoms with Crippen molar-refractivity contribution in [2.45, 2.75) is 49.4 Å². The Morgan fingerprint density at radius 1 is 1.36 bits per heavy atom. The van der Waals surface area contributed by atoms with Crippen molar-refractivity contribution in [1.82, 2.24) is 0 Å². The molecule has 0 aliphatic heterocycles. The molecule has 1 aliphatic rings. The van der Waals surface area contributed by atoms with Crippen LogP contribution in [0, 0.1) is 5.92 Å². The number of thioether (sulfide) groups is 1. The first-order valence-corrected chi connectivity index (χ1v) is 5.99.